The van der Waals surface area contributed by atoms with E-state index in [4.69, 9.17) is 11.6 Å². The maximum Gasteiger partial charge on any atom is 0.326 e. The van der Waals surface area contributed by atoms with Gasteiger partial charge in [-0.25, -0.2) is 14.8 Å². The summed E-state index contributed by atoms with van der Waals surface area (Å²) in [5.41, 5.74) is 0.0687. The molecule has 2 rings (SSSR count). The van der Waals surface area contributed by atoms with Crippen molar-refractivity contribution in [2.75, 3.05) is 12.8 Å². The molecule has 0 spiro atoms. The number of hydrogen-bond acceptors (Lipinski definition) is 5. The third-order valence-electron chi connectivity index (χ3n) is 3.16. The molecule has 1 saturated heterocycles. The summed E-state index contributed by atoms with van der Waals surface area (Å²) in [6.45, 7) is 0.407. The normalized spacial score (nSPS) is 18.9. The van der Waals surface area contributed by atoms with Crippen molar-refractivity contribution in [1.82, 2.24) is 14.9 Å². The van der Waals surface area contributed by atoms with E-state index in [2.05, 4.69) is 9.97 Å². The fourth-order valence-corrected chi connectivity index (χ4v) is 2.68. The first-order valence-electron chi connectivity index (χ1n) is 6.15. The highest BCUT2D eigenvalue weighted by molar-refractivity contribution is 7.98. The van der Waals surface area contributed by atoms with Crippen LogP contribution < -0.4 is 0 Å². The van der Waals surface area contributed by atoms with Crippen LogP contribution in [0.15, 0.2) is 11.4 Å². The average molecular weight is 316 g/mol. The second-order valence-electron chi connectivity index (χ2n) is 4.40. The molecule has 0 bridgehead atoms. The summed E-state index contributed by atoms with van der Waals surface area (Å²) in [7, 11) is 0. The zero-order valence-electron chi connectivity index (χ0n) is 10.9. The van der Waals surface area contributed by atoms with E-state index in [0.717, 1.165) is 12.8 Å². The third-order valence-corrected chi connectivity index (χ3v) is 3.99. The third kappa shape index (κ3) is 3.04. The number of carbonyl (C=O) groups excluding carboxylic acids is 1. The summed E-state index contributed by atoms with van der Waals surface area (Å²) in [4.78, 5) is 33.1. The summed E-state index contributed by atoms with van der Waals surface area (Å²) in [5, 5.41) is 9.78. The topological polar surface area (TPSA) is 83.4 Å². The van der Waals surface area contributed by atoms with Crippen molar-refractivity contribution in [3.63, 3.8) is 0 Å². The lowest BCUT2D eigenvalue weighted by Crippen LogP contribution is -2.48. The smallest absolute Gasteiger partial charge is 0.326 e. The van der Waals surface area contributed by atoms with Gasteiger partial charge in [0.1, 0.15) is 6.04 Å². The molecule has 1 aliphatic heterocycles. The van der Waals surface area contributed by atoms with E-state index >= 15 is 0 Å². The number of carboxylic acid groups (broad SMARTS) is 1. The van der Waals surface area contributed by atoms with Gasteiger partial charge in [0, 0.05) is 6.54 Å². The number of piperidine rings is 1. The predicted octanol–water partition coefficient (Wildman–Crippen LogP) is 1.93. The van der Waals surface area contributed by atoms with E-state index in [1.807, 2.05) is 0 Å². The minimum absolute atomic E-state index is 0.0687. The van der Waals surface area contributed by atoms with Gasteiger partial charge in [-0.3, -0.25) is 4.79 Å². The van der Waals surface area contributed by atoms with Gasteiger partial charge in [0.15, 0.2) is 10.9 Å². The Balaban J connectivity index is 2.31. The maximum absolute atomic E-state index is 12.5. The zero-order valence-corrected chi connectivity index (χ0v) is 12.4. The number of hydrogen-bond donors (Lipinski definition) is 1. The number of likely N-dealkylation sites (tertiary alicyclic amines) is 1. The van der Waals surface area contributed by atoms with Crippen LogP contribution in [0.2, 0.25) is 5.02 Å². The quantitative estimate of drug-likeness (QED) is 0.678. The van der Waals surface area contributed by atoms with Crippen LogP contribution in [0.3, 0.4) is 0 Å². The molecule has 1 N–H and O–H groups in total. The number of aromatic nitrogens is 2. The summed E-state index contributed by atoms with van der Waals surface area (Å²) in [6.07, 6.45) is 5.20. The molecule has 1 aliphatic rings. The van der Waals surface area contributed by atoms with Gasteiger partial charge in [-0.2, -0.15) is 0 Å². The number of thioether (sulfide) groups is 1. The van der Waals surface area contributed by atoms with Gasteiger partial charge >= 0.3 is 5.97 Å². The average Bonchev–Trinajstić information content (AvgIpc) is 2.47. The minimum atomic E-state index is -0.992. The number of rotatable bonds is 3. The van der Waals surface area contributed by atoms with Gasteiger partial charge in [0.05, 0.1) is 11.2 Å². The highest BCUT2D eigenvalue weighted by Gasteiger charge is 2.34. The molecule has 6 nitrogen and oxygen atoms in total. The number of aliphatic carboxylic acids is 1. The maximum atomic E-state index is 12.5. The molecular formula is C12H14ClN3O3S. The molecule has 108 valence electrons. The number of carboxylic acids is 1. The van der Waals surface area contributed by atoms with Gasteiger partial charge in [0.25, 0.3) is 5.91 Å². The lowest BCUT2D eigenvalue weighted by molar-refractivity contribution is -0.143. The molecule has 0 aliphatic carbocycles. The summed E-state index contributed by atoms with van der Waals surface area (Å²) in [6, 6.07) is -0.806. The Bertz CT molecular complexity index is 541. The van der Waals surface area contributed by atoms with Crippen LogP contribution in [0, 0.1) is 0 Å². The Hall–Kier alpha value is -1.34. The first-order chi connectivity index (χ1) is 9.54. The fraction of sp³-hybridized carbons (Fsp3) is 0.500. The molecule has 8 heteroatoms. The van der Waals surface area contributed by atoms with Gasteiger partial charge in [-0.05, 0) is 25.5 Å². The van der Waals surface area contributed by atoms with Gasteiger partial charge in [-0.1, -0.05) is 23.4 Å². The monoisotopic (exact) mass is 315 g/mol. The van der Waals surface area contributed by atoms with Crippen molar-refractivity contribution < 1.29 is 14.7 Å². The largest absolute Gasteiger partial charge is 0.480 e. The van der Waals surface area contributed by atoms with E-state index in [-0.39, 0.29) is 10.7 Å². The standard InChI is InChI=1S/C12H14ClN3O3S/c1-20-12-14-6-7(13)9(15-12)10(17)16-5-3-2-4-8(16)11(18)19/h6,8H,2-5H2,1H3,(H,18,19)/t8-/m1/s1. The Labute approximate surface area is 125 Å². The zero-order chi connectivity index (χ0) is 14.7. The lowest BCUT2D eigenvalue weighted by atomic mass is 10.0. The molecule has 0 radical (unpaired) electrons. The summed E-state index contributed by atoms with van der Waals surface area (Å²) >= 11 is 7.26. The van der Waals surface area contributed by atoms with Crippen molar-refractivity contribution in [3.05, 3.63) is 16.9 Å². The van der Waals surface area contributed by atoms with Gasteiger partial charge in [-0.15, -0.1) is 0 Å². The van der Waals surface area contributed by atoms with E-state index in [9.17, 15) is 14.7 Å². The predicted molar refractivity (Wildman–Crippen MR) is 75.1 cm³/mol. The Kier molecular flexibility index (Phi) is 4.82. The molecule has 0 unspecified atom stereocenters. The van der Waals surface area contributed by atoms with E-state index in [1.165, 1.54) is 22.9 Å². The van der Waals surface area contributed by atoms with Crippen molar-refractivity contribution in [3.8, 4) is 0 Å². The molecule has 1 amide bonds. The van der Waals surface area contributed by atoms with Crippen LogP contribution in [0.1, 0.15) is 29.8 Å². The van der Waals surface area contributed by atoms with Crippen LogP contribution >= 0.6 is 23.4 Å². The van der Waals surface area contributed by atoms with Gasteiger partial charge in [0.2, 0.25) is 0 Å². The van der Waals surface area contributed by atoms with Crippen LogP contribution in [0.5, 0.6) is 0 Å². The van der Waals surface area contributed by atoms with E-state index in [0.29, 0.717) is 18.1 Å². The summed E-state index contributed by atoms with van der Waals surface area (Å²) in [5.74, 6) is -1.44. The number of carbonyl (C=O) groups is 2. The molecule has 1 aromatic rings. The van der Waals surface area contributed by atoms with Crippen LogP contribution in [0.25, 0.3) is 0 Å². The second-order valence-corrected chi connectivity index (χ2v) is 5.58. The number of nitrogens with zero attached hydrogens (tertiary/aromatic N) is 3. The van der Waals surface area contributed by atoms with E-state index in [1.54, 1.807) is 6.26 Å². The lowest BCUT2D eigenvalue weighted by Gasteiger charge is -2.32. The van der Waals surface area contributed by atoms with Gasteiger partial charge < -0.3 is 10.0 Å². The van der Waals surface area contributed by atoms with Crippen LogP contribution in [-0.2, 0) is 4.79 Å². The summed E-state index contributed by atoms with van der Waals surface area (Å²) < 4.78 is 0. The highest BCUT2D eigenvalue weighted by Crippen LogP contribution is 2.23. The minimum Gasteiger partial charge on any atom is -0.480 e. The van der Waals surface area contributed by atoms with Crippen LogP contribution in [-0.4, -0.2) is 50.7 Å². The molecule has 20 heavy (non-hydrogen) atoms. The molecule has 1 fully saturated rings. The van der Waals surface area contributed by atoms with Crippen LogP contribution in [0.4, 0.5) is 0 Å². The highest BCUT2D eigenvalue weighted by atomic mass is 35.5. The number of halogens is 1. The SMILES string of the molecule is CSc1ncc(Cl)c(C(=O)N2CCCC[C@@H]2C(=O)O)n1. The van der Waals surface area contributed by atoms with Crippen molar-refractivity contribution >= 4 is 35.2 Å². The van der Waals surface area contributed by atoms with Crippen molar-refractivity contribution in [2.24, 2.45) is 0 Å². The molecular weight excluding hydrogens is 302 g/mol. The molecule has 0 saturated carbocycles. The first kappa shape index (κ1) is 15.1. The van der Waals surface area contributed by atoms with Crippen molar-refractivity contribution in [1.29, 1.82) is 0 Å². The second kappa shape index (κ2) is 6.41. The van der Waals surface area contributed by atoms with Crippen molar-refractivity contribution in [2.45, 2.75) is 30.5 Å². The Morgan fingerprint density at radius 2 is 2.25 bits per heavy atom. The Morgan fingerprint density at radius 1 is 1.50 bits per heavy atom. The Morgan fingerprint density at radius 3 is 2.90 bits per heavy atom. The fourth-order valence-electron chi connectivity index (χ4n) is 2.17. The molecule has 1 aromatic heterocycles. The molecule has 2 heterocycles. The number of amides is 1. The van der Waals surface area contributed by atoms with E-state index < -0.39 is 17.9 Å². The molecule has 1 atom stereocenters. The molecule has 0 aromatic carbocycles. The first-order valence-corrected chi connectivity index (χ1v) is 7.75.